The van der Waals surface area contributed by atoms with Crippen LogP contribution in [0.15, 0.2) is 0 Å². The number of carbonyl (C=O) groups is 3. The molecule has 0 aromatic rings. The van der Waals surface area contributed by atoms with Gasteiger partial charge in [0.15, 0.2) is 6.10 Å². The molecule has 10 heteroatoms. The molecule has 9 nitrogen and oxygen atoms in total. The van der Waals surface area contributed by atoms with Crippen molar-refractivity contribution in [3.8, 4) is 0 Å². The lowest BCUT2D eigenvalue weighted by Crippen LogP contribution is -2.43. The molecule has 2 unspecified atom stereocenters. The van der Waals surface area contributed by atoms with Crippen LogP contribution in [0.4, 0.5) is 0 Å². The number of carbonyl (C=O) groups excluding carboxylic acids is 3. The van der Waals surface area contributed by atoms with Crippen LogP contribution in [0.3, 0.4) is 0 Å². The van der Waals surface area contributed by atoms with Gasteiger partial charge in [-0.1, -0.05) is 0 Å². The van der Waals surface area contributed by atoms with Crippen LogP contribution in [0, 0.1) is 0 Å². The molecule has 0 amide bonds. The minimum absolute atomic E-state index is 0.688. The number of rotatable bonds is 6. The maximum Gasteiger partial charge on any atom is 0.307 e. The average molecular weight is 298 g/mol. The summed E-state index contributed by atoms with van der Waals surface area (Å²) in [5, 5.41) is 0. The lowest BCUT2D eigenvalue weighted by Gasteiger charge is -2.23. The van der Waals surface area contributed by atoms with Crippen LogP contribution in [0.5, 0.6) is 0 Å². The summed E-state index contributed by atoms with van der Waals surface area (Å²) in [6.45, 7) is 2.22. The first-order chi connectivity index (χ1) is 8.54. The molecule has 0 heterocycles. The van der Waals surface area contributed by atoms with E-state index in [0.29, 0.717) is 0 Å². The minimum atomic E-state index is -4.86. The number of hydrogen-bond acceptors (Lipinski definition) is 8. The van der Waals surface area contributed by atoms with E-state index in [1.165, 1.54) is 0 Å². The Kier molecular flexibility index (Phi) is 6.42. The van der Waals surface area contributed by atoms with Crippen LogP contribution in [-0.2, 0) is 38.7 Å². The first-order valence-electron chi connectivity index (χ1n) is 4.98. The van der Waals surface area contributed by atoms with Crippen molar-refractivity contribution in [1.82, 2.24) is 0 Å². The second-order valence-electron chi connectivity index (χ2n) is 3.44. The molecule has 110 valence electrons. The number of ether oxygens (including phenoxy) is 3. The van der Waals surface area contributed by atoms with Gasteiger partial charge >= 0.3 is 28.0 Å². The maximum absolute atomic E-state index is 11.1. The molecule has 0 aromatic carbocycles. The highest BCUT2D eigenvalue weighted by Crippen LogP contribution is 2.12. The van der Waals surface area contributed by atoms with E-state index in [0.717, 1.165) is 20.8 Å². The van der Waals surface area contributed by atoms with E-state index in [1.807, 2.05) is 0 Å². The van der Waals surface area contributed by atoms with Crippen LogP contribution in [-0.4, -0.2) is 49.0 Å². The van der Waals surface area contributed by atoms with E-state index in [4.69, 9.17) is 4.55 Å². The Labute approximate surface area is 109 Å². The molecule has 0 aliphatic heterocycles. The molecule has 0 aromatic heterocycles. The summed E-state index contributed by atoms with van der Waals surface area (Å²) >= 11 is 0. The monoisotopic (exact) mass is 298 g/mol. The van der Waals surface area contributed by atoms with Gasteiger partial charge in [0.2, 0.25) is 0 Å². The quantitative estimate of drug-likeness (QED) is 0.382. The van der Waals surface area contributed by atoms with Crippen molar-refractivity contribution in [3.05, 3.63) is 0 Å². The summed E-state index contributed by atoms with van der Waals surface area (Å²) < 4.78 is 44.5. The number of hydrogen-bond donors (Lipinski definition) is 1. The van der Waals surface area contributed by atoms with Gasteiger partial charge in [0.1, 0.15) is 6.61 Å². The molecule has 0 spiro atoms. The molecule has 1 N–H and O–H groups in total. The highest BCUT2D eigenvalue weighted by atomic mass is 32.2. The van der Waals surface area contributed by atoms with Crippen molar-refractivity contribution >= 4 is 28.0 Å². The maximum atomic E-state index is 11.1. The van der Waals surface area contributed by atoms with Crippen molar-refractivity contribution in [1.29, 1.82) is 0 Å². The second-order valence-corrected chi connectivity index (χ2v) is 4.94. The van der Waals surface area contributed by atoms with Gasteiger partial charge in [0, 0.05) is 20.8 Å². The molecule has 0 saturated carbocycles. The molecule has 0 rings (SSSR count). The summed E-state index contributed by atoms with van der Waals surface area (Å²) in [6.07, 6.45) is -1.67. The fourth-order valence-corrected chi connectivity index (χ4v) is 1.85. The van der Waals surface area contributed by atoms with Crippen LogP contribution in [0.1, 0.15) is 20.8 Å². The lowest BCUT2D eigenvalue weighted by atomic mass is 10.4. The van der Waals surface area contributed by atoms with Crippen molar-refractivity contribution in [2.45, 2.75) is 32.3 Å². The van der Waals surface area contributed by atoms with E-state index in [9.17, 15) is 22.8 Å². The van der Waals surface area contributed by atoms with Gasteiger partial charge in [-0.15, -0.1) is 0 Å². The normalized spacial score (nSPS) is 14.1. The molecule has 0 bridgehead atoms. The third-order valence-corrected chi connectivity index (χ3v) is 2.63. The molecule has 0 saturated heterocycles. The number of esters is 3. The molecular weight excluding hydrogens is 284 g/mol. The molecule has 19 heavy (non-hydrogen) atoms. The molecule has 0 aliphatic carbocycles. The predicted octanol–water partition coefficient (Wildman–Crippen LogP) is -0.742. The van der Waals surface area contributed by atoms with Gasteiger partial charge < -0.3 is 14.2 Å². The summed E-state index contributed by atoms with van der Waals surface area (Å²) in [4.78, 5) is 32.3. The largest absolute Gasteiger partial charge is 0.462 e. The molecule has 0 aliphatic rings. The van der Waals surface area contributed by atoms with Crippen molar-refractivity contribution in [3.63, 3.8) is 0 Å². The van der Waals surface area contributed by atoms with Crippen LogP contribution in [0.25, 0.3) is 0 Å². The van der Waals surface area contributed by atoms with Crippen molar-refractivity contribution in [2.24, 2.45) is 0 Å². The molecule has 0 radical (unpaired) electrons. The minimum Gasteiger partial charge on any atom is -0.462 e. The van der Waals surface area contributed by atoms with E-state index in [2.05, 4.69) is 14.2 Å². The first-order valence-corrected chi connectivity index (χ1v) is 6.48. The topological polar surface area (TPSA) is 133 Å². The zero-order valence-corrected chi connectivity index (χ0v) is 11.3. The first kappa shape index (κ1) is 17.3. The van der Waals surface area contributed by atoms with Gasteiger partial charge in [-0.3, -0.25) is 18.9 Å². The molecule has 0 fully saturated rings. The van der Waals surface area contributed by atoms with Gasteiger partial charge in [0.05, 0.1) is 0 Å². The third-order valence-electron chi connectivity index (χ3n) is 1.65. The fourth-order valence-electron chi connectivity index (χ4n) is 1.07. The Balaban J connectivity index is 5.16. The van der Waals surface area contributed by atoms with Crippen molar-refractivity contribution < 1.29 is 41.6 Å². The van der Waals surface area contributed by atoms with Gasteiger partial charge in [-0.25, -0.2) is 0 Å². The summed E-state index contributed by atoms with van der Waals surface area (Å²) in [7, 11) is -4.86. The Morgan fingerprint density at radius 2 is 1.47 bits per heavy atom. The Bertz CT molecular complexity index is 452. The van der Waals surface area contributed by atoms with Crippen LogP contribution >= 0.6 is 0 Å². The summed E-state index contributed by atoms with van der Waals surface area (Å²) in [5.41, 5.74) is -2.17. The second kappa shape index (κ2) is 7.04. The smallest absolute Gasteiger partial charge is 0.307 e. The lowest BCUT2D eigenvalue weighted by molar-refractivity contribution is -0.167. The molecule has 2 atom stereocenters. The van der Waals surface area contributed by atoms with E-state index in [1.54, 1.807) is 0 Å². The SMILES string of the molecule is CC(=O)OCC(OC(C)=O)C(OC(C)=O)S(=O)(=O)O. The van der Waals surface area contributed by atoms with E-state index in [-0.39, 0.29) is 0 Å². The standard InChI is InChI=1S/C9H14O9S/c1-5(10)16-4-8(17-6(2)11)9(18-7(3)12)19(13,14)15/h8-9H,4H2,1-3H3,(H,13,14,15). The van der Waals surface area contributed by atoms with E-state index >= 15 is 0 Å². The van der Waals surface area contributed by atoms with Crippen LogP contribution < -0.4 is 0 Å². The fraction of sp³-hybridized carbons (Fsp3) is 0.667. The summed E-state index contributed by atoms with van der Waals surface area (Å²) in [5.74, 6) is -2.70. The van der Waals surface area contributed by atoms with Gasteiger partial charge in [0.25, 0.3) is 5.44 Å². The zero-order valence-electron chi connectivity index (χ0n) is 10.5. The third kappa shape index (κ3) is 7.36. The Morgan fingerprint density at radius 1 is 1.00 bits per heavy atom. The zero-order chi connectivity index (χ0) is 15.2. The Morgan fingerprint density at radius 3 is 1.79 bits per heavy atom. The van der Waals surface area contributed by atoms with Crippen molar-refractivity contribution in [2.75, 3.05) is 6.61 Å². The average Bonchev–Trinajstić information content (AvgIpc) is 2.18. The molecular formula is C9H14O9S. The van der Waals surface area contributed by atoms with Crippen LogP contribution in [0.2, 0.25) is 0 Å². The van der Waals surface area contributed by atoms with Gasteiger partial charge in [-0.05, 0) is 0 Å². The van der Waals surface area contributed by atoms with E-state index < -0.39 is 46.2 Å². The Hall–Kier alpha value is -1.68. The highest BCUT2D eigenvalue weighted by molar-refractivity contribution is 7.86. The van der Waals surface area contributed by atoms with Gasteiger partial charge in [-0.2, -0.15) is 8.42 Å². The summed E-state index contributed by atoms with van der Waals surface area (Å²) in [6, 6.07) is 0. The predicted molar refractivity (Wildman–Crippen MR) is 59.3 cm³/mol. The highest BCUT2D eigenvalue weighted by Gasteiger charge is 2.38.